The molecule has 4 heteroatoms. The van der Waals surface area contributed by atoms with Gasteiger partial charge in [-0.25, -0.2) is 4.57 Å². The molecule has 0 aliphatic rings. The predicted molar refractivity (Wildman–Crippen MR) is 90.7 cm³/mol. The lowest BCUT2D eigenvalue weighted by Gasteiger charge is -2.20. The molecule has 0 bridgehead atoms. The Morgan fingerprint density at radius 1 is 0.864 bits per heavy atom. The topological polar surface area (TPSA) is 35.5 Å². The van der Waals surface area contributed by atoms with Crippen LogP contribution in [-0.2, 0) is 4.57 Å². The summed E-state index contributed by atoms with van der Waals surface area (Å²) in [6, 6.07) is 18.4. The van der Waals surface area contributed by atoms with Crippen LogP contribution in [0.15, 0.2) is 60.7 Å². The van der Waals surface area contributed by atoms with Gasteiger partial charge in [-0.05, 0) is 36.6 Å². The Bertz CT molecular complexity index is 551. The van der Waals surface area contributed by atoms with E-state index in [-0.39, 0.29) is 0 Å². The van der Waals surface area contributed by atoms with Gasteiger partial charge in [0.2, 0.25) is 0 Å². The zero-order chi connectivity index (χ0) is 15.8. The molecule has 0 N–H and O–H groups in total. The zero-order valence-electron chi connectivity index (χ0n) is 13.1. The maximum absolute atomic E-state index is 13.1. The van der Waals surface area contributed by atoms with Gasteiger partial charge in [-0.15, -0.1) is 0 Å². The van der Waals surface area contributed by atoms with Crippen molar-refractivity contribution in [2.75, 3.05) is 6.16 Å². The standard InChI is InChI=1S/C18H23O3P/c1-16(2)10-9-15-22(19,20-17-11-5-3-6-12-17)21-18-13-7-4-8-14-18/h3-8,11-14,16H,9-10,15H2,1-2H3. The molecule has 3 nitrogen and oxygen atoms in total. The van der Waals surface area contributed by atoms with Crippen molar-refractivity contribution in [1.29, 1.82) is 0 Å². The van der Waals surface area contributed by atoms with E-state index in [1.54, 1.807) is 24.3 Å². The van der Waals surface area contributed by atoms with Crippen molar-refractivity contribution in [3.05, 3.63) is 60.7 Å². The minimum absolute atomic E-state index is 0.412. The quantitative estimate of drug-likeness (QED) is 0.579. The second-order valence-electron chi connectivity index (χ2n) is 5.68. The van der Waals surface area contributed by atoms with Gasteiger partial charge >= 0.3 is 7.60 Å². The molecule has 22 heavy (non-hydrogen) atoms. The molecule has 0 atom stereocenters. The Labute approximate surface area is 132 Å². The molecule has 0 unspecified atom stereocenters. The highest BCUT2D eigenvalue weighted by molar-refractivity contribution is 7.54. The third-order valence-electron chi connectivity index (χ3n) is 3.19. The summed E-state index contributed by atoms with van der Waals surface area (Å²) in [6.07, 6.45) is 2.23. The molecule has 0 aliphatic carbocycles. The highest BCUT2D eigenvalue weighted by Gasteiger charge is 2.27. The van der Waals surface area contributed by atoms with Gasteiger partial charge in [0.25, 0.3) is 0 Å². The van der Waals surface area contributed by atoms with Gasteiger partial charge in [0, 0.05) is 0 Å². The molecular weight excluding hydrogens is 295 g/mol. The first kappa shape index (κ1) is 16.6. The van der Waals surface area contributed by atoms with Gasteiger partial charge in [-0.2, -0.15) is 0 Å². The maximum Gasteiger partial charge on any atom is 0.430 e. The summed E-state index contributed by atoms with van der Waals surface area (Å²) in [5.41, 5.74) is 0. The third-order valence-corrected chi connectivity index (χ3v) is 5.03. The zero-order valence-corrected chi connectivity index (χ0v) is 14.0. The normalized spacial score (nSPS) is 11.4. The highest BCUT2D eigenvalue weighted by atomic mass is 31.2. The van der Waals surface area contributed by atoms with E-state index in [0.29, 0.717) is 23.6 Å². The summed E-state index contributed by atoms with van der Waals surface area (Å²) in [7, 11) is -3.22. The van der Waals surface area contributed by atoms with Crippen LogP contribution in [0.2, 0.25) is 0 Å². The maximum atomic E-state index is 13.1. The molecule has 118 valence electrons. The Hall–Kier alpha value is -1.73. The largest absolute Gasteiger partial charge is 0.430 e. The smallest absolute Gasteiger partial charge is 0.416 e. The Kier molecular flexibility index (Phi) is 6.09. The van der Waals surface area contributed by atoms with Gasteiger partial charge in [-0.3, -0.25) is 0 Å². The summed E-state index contributed by atoms with van der Waals surface area (Å²) < 4.78 is 24.5. The lowest BCUT2D eigenvalue weighted by atomic mass is 10.1. The molecular formula is C18H23O3P. The number of hydrogen-bond acceptors (Lipinski definition) is 3. The van der Waals surface area contributed by atoms with Crippen molar-refractivity contribution in [2.45, 2.75) is 26.7 Å². The predicted octanol–water partition coefficient (Wildman–Crippen LogP) is 5.77. The summed E-state index contributed by atoms with van der Waals surface area (Å²) >= 11 is 0. The molecule has 0 aromatic heterocycles. The molecule has 0 spiro atoms. The van der Waals surface area contributed by atoms with Crippen molar-refractivity contribution in [3.8, 4) is 11.5 Å². The van der Waals surface area contributed by atoms with E-state index in [4.69, 9.17) is 9.05 Å². The Morgan fingerprint density at radius 2 is 1.32 bits per heavy atom. The average Bonchev–Trinajstić information content (AvgIpc) is 2.48. The van der Waals surface area contributed by atoms with Crippen LogP contribution in [0.4, 0.5) is 0 Å². The molecule has 0 heterocycles. The van der Waals surface area contributed by atoms with E-state index in [0.717, 1.165) is 12.8 Å². The summed E-state index contributed by atoms with van der Waals surface area (Å²) in [4.78, 5) is 0. The van der Waals surface area contributed by atoms with Crippen LogP contribution in [0.25, 0.3) is 0 Å². The SMILES string of the molecule is CC(C)CCCP(=O)(Oc1ccccc1)Oc1ccccc1. The fraction of sp³-hybridized carbons (Fsp3) is 0.333. The van der Waals surface area contributed by atoms with Gasteiger partial charge in [-0.1, -0.05) is 56.7 Å². The van der Waals surface area contributed by atoms with Crippen LogP contribution in [0.1, 0.15) is 26.7 Å². The molecule has 2 aromatic rings. The Balaban J connectivity index is 2.10. The van der Waals surface area contributed by atoms with Crippen LogP contribution in [-0.4, -0.2) is 6.16 Å². The second kappa shape index (κ2) is 8.05. The molecule has 0 radical (unpaired) electrons. The minimum atomic E-state index is -3.22. The van der Waals surface area contributed by atoms with Crippen LogP contribution < -0.4 is 9.05 Å². The van der Waals surface area contributed by atoms with Gasteiger partial charge in [0.1, 0.15) is 11.5 Å². The van der Waals surface area contributed by atoms with Crippen LogP contribution in [0, 0.1) is 5.92 Å². The molecule has 0 saturated heterocycles. The molecule has 2 rings (SSSR count). The van der Waals surface area contributed by atoms with E-state index < -0.39 is 7.60 Å². The molecule has 0 fully saturated rings. The average molecular weight is 318 g/mol. The molecule has 0 amide bonds. The van der Waals surface area contributed by atoms with E-state index in [1.165, 1.54) is 0 Å². The summed E-state index contributed by atoms with van der Waals surface area (Å²) in [5, 5.41) is 0. The van der Waals surface area contributed by atoms with E-state index in [2.05, 4.69) is 13.8 Å². The number of rotatable bonds is 8. The van der Waals surface area contributed by atoms with E-state index in [9.17, 15) is 4.57 Å². The van der Waals surface area contributed by atoms with Gasteiger partial charge < -0.3 is 9.05 Å². The van der Waals surface area contributed by atoms with Gasteiger partial charge in [0.05, 0.1) is 6.16 Å². The van der Waals surface area contributed by atoms with Crippen molar-refractivity contribution >= 4 is 7.60 Å². The molecule has 2 aromatic carbocycles. The number of para-hydroxylation sites is 2. The van der Waals surface area contributed by atoms with E-state index in [1.807, 2.05) is 36.4 Å². The van der Waals surface area contributed by atoms with Crippen LogP contribution >= 0.6 is 7.60 Å². The first-order valence-corrected chi connectivity index (χ1v) is 9.38. The Morgan fingerprint density at radius 3 is 1.73 bits per heavy atom. The first-order chi connectivity index (χ1) is 10.6. The highest BCUT2D eigenvalue weighted by Crippen LogP contribution is 2.49. The van der Waals surface area contributed by atoms with Crippen molar-refractivity contribution in [1.82, 2.24) is 0 Å². The number of hydrogen-bond donors (Lipinski definition) is 0. The molecule has 0 aliphatic heterocycles. The third kappa shape index (κ3) is 5.57. The van der Waals surface area contributed by atoms with E-state index >= 15 is 0 Å². The monoisotopic (exact) mass is 318 g/mol. The fourth-order valence-electron chi connectivity index (χ4n) is 2.09. The molecule has 0 saturated carbocycles. The van der Waals surface area contributed by atoms with Crippen molar-refractivity contribution in [3.63, 3.8) is 0 Å². The lowest BCUT2D eigenvalue weighted by molar-refractivity contribution is 0.382. The van der Waals surface area contributed by atoms with Crippen LogP contribution in [0.3, 0.4) is 0 Å². The summed E-state index contributed by atoms with van der Waals surface area (Å²) in [6.45, 7) is 4.31. The van der Waals surface area contributed by atoms with Gasteiger partial charge in [0.15, 0.2) is 0 Å². The second-order valence-corrected chi connectivity index (χ2v) is 7.71. The minimum Gasteiger partial charge on any atom is -0.416 e. The summed E-state index contributed by atoms with van der Waals surface area (Å²) in [5.74, 6) is 1.72. The van der Waals surface area contributed by atoms with Crippen LogP contribution in [0.5, 0.6) is 11.5 Å². The number of benzene rings is 2. The first-order valence-electron chi connectivity index (χ1n) is 7.66. The van der Waals surface area contributed by atoms with Crippen molar-refractivity contribution < 1.29 is 13.6 Å². The lowest BCUT2D eigenvalue weighted by Crippen LogP contribution is -2.06. The fourth-order valence-corrected chi connectivity index (χ4v) is 3.76. The van der Waals surface area contributed by atoms with Crippen molar-refractivity contribution in [2.24, 2.45) is 5.92 Å².